The zero-order valence-electron chi connectivity index (χ0n) is 16.3. The molecule has 2 aromatic carbocycles. The van der Waals surface area contributed by atoms with Crippen molar-refractivity contribution in [1.29, 1.82) is 5.26 Å². The molecule has 0 bridgehead atoms. The van der Waals surface area contributed by atoms with E-state index in [1.165, 1.54) is 21.9 Å². The van der Waals surface area contributed by atoms with Crippen molar-refractivity contribution >= 4 is 11.8 Å². The quantitative estimate of drug-likeness (QED) is 0.750. The van der Waals surface area contributed by atoms with Crippen LogP contribution in [-0.4, -0.2) is 35.2 Å². The van der Waals surface area contributed by atoms with Gasteiger partial charge in [0.25, 0.3) is 0 Å². The van der Waals surface area contributed by atoms with E-state index >= 15 is 0 Å². The highest BCUT2D eigenvalue weighted by Gasteiger charge is 2.36. The largest absolute Gasteiger partial charge is 0.416 e. The highest BCUT2D eigenvalue weighted by molar-refractivity contribution is 5.89. The van der Waals surface area contributed by atoms with Gasteiger partial charge >= 0.3 is 6.18 Å². The Morgan fingerprint density at radius 3 is 2.60 bits per heavy atom. The van der Waals surface area contributed by atoms with Crippen LogP contribution in [0.1, 0.15) is 28.7 Å². The van der Waals surface area contributed by atoms with Crippen molar-refractivity contribution in [2.45, 2.75) is 25.7 Å². The average Bonchev–Trinajstić information content (AvgIpc) is 3.07. The lowest BCUT2D eigenvalue weighted by Crippen LogP contribution is -2.34. The van der Waals surface area contributed by atoms with Crippen LogP contribution in [-0.2, 0) is 28.9 Å². The molecule has 1 fully saturated rings. The molecule has 156 valence electrons. The topological polar surface area (TPSA) is 64.4 Å². The molecule has 0 radical (unpaired) electrons. The molecule has 2 aromatic rings. The van der Waals surface area contributed by atoms with Crippen molar-refractivity contribution in [1.82, 2.24) is 9.80 Å². The number of nitrogens with zero attached hydrogens (tertiary/aromatic N) is 3. The summed E-state index contributed by atoms with van der Waals surface area (Å²) in [4.78, 5) is 28.0. The van der Waals surface area contributed by atoms with Crippen LogP contribution >= 0.6 is 0 Å². The second-order valence-corrected chi connectivity index (χ2v) is 7.38. The van der Waals surface area contributed by atoms with E-state index in [-0.39, 0.29) is 31.3 Å². The summed E-state index contributed by atoms with van der Waals surface area (Å²) in [6, 6.07) is 13.8. The lowest BCUT2D eigenvalue weighted by molar-refractivity contribution is -0.137. The van der Waals surface area contributed by atoms with Crippen LogP contribution in [0.15, 0.2) is 48.5 Å². The van der Waals surface area contributed by atoms with Crippen LogP contribution in [0.5, 0.6) is 0 Å². The van der Waals surface area contributed by atoms with Crippen molar-refractivity contribution < 1.29 is 22.8 Å². The number of likely N-dealkylation sites (tertiary alicyclic amines) is 1. The molecule has 1 saturated heterocycles. The normalized spacial score (nSPS) is 16.4. The van der Waals surface area contributed by atoms with Gasteiger partial charge in [0.15, 0.2) is 0 Å². The molecule has 5 nitrogen and oxygen atoms in total. The minimum absolute atomic E-state index is 0.0281. The number of nitriles is 1. The summed E-state index contributed by atoms with van der Waals surface area (Å²) in [5.74, 6) is -1.02. The van der Waals surface area contributed by atoms with Gasteiger partial charge in [-0.25, -0.2) is 0 Å². The number of benzene rings is 2. The molecule has 1 heterocycles. The van der Waals surface area contributed by atoms with Crippen molar-refractivity contribution in [3.8, 4) is 6.07 Å². The molecule has 0 saturated carbocycles. The van der Waals surface area contributed by atoms with Crippen molar-refractivity contribution in [2.75, 3.05) is 13.6 Å². The minimum Gasteiger partial charge on any atom is -0.341 e. The minimum atomic E-state index is -4.45. The van der Waals surface area contributed by atoms with Crippen LogP contribution in [0.25, 0.3) is 0 Å². The maximum atomic E-state index is 12.9. The molecular weight excluding hydrogens is 395 g/mol. The Bertz CT molecular complexity index is 998. The first-order chi connectivity index (χ1) is 14.2. The predicted octanol–water partition coefficient (Wildman–Crippen LogP) is 3.58. The summed E-state index contributed by atoms with van der Waals surface area (Å²) in [5.41, 5.74) is 0.901. The number of amides is 2. The molecule has 2 amide bonds. The standard InChI is InChI=1S/C22H20F3N3O2/c1-27(12-16-5-2-4-15(8-16)11-26)21(30)18-10-20(29)28(14-18)13-17-6-3-7-19(9-17)22(23,24)25/h2-9,18H,10,12-14H2,1H3/t18-/m1/s1. The summed E-state index contributed by atoms with van der Waals surface area (Å²) in [6.07, 6.45) is -4.42. The van der Waals surface area contributed by atoms with Gasteiger partial charge < -0.3 is 9.80 Å². The number of hydrogen-bond acceptors (Lipinski definition) is 3. The first-order valence-electron chi connectivity index (χ1n) is 9.35. The van der Waals surface area contributed by atoms with E-state index in [0.717, 1.165) is 17.7 Å². The van der Waals surface area contributed by atoms with E-state index in [2.05, 4.69) is 0 Å². The highest BCUT2D eigenvalue weighted by Crippen LogP contribution is 2.30. The van der Waals surface area contributed by atoms with E-state index in [4.69, 9.17) is 5.26 Å². The van der Waals surface area contributed by atoms with E-state index in [1.807, 2.05) is 12.1 Å². The monoisotopic (exact) mass is 415 g/mol. The van der Waals surface area contributed by atoms with Gasteiger partial charge in [0.1, 0.15) is 0 Å². The Labute approximate surface area is 172 Å². The molecule has 1 atom stereocenters. The molecule has 0 aromatic heterocycles. The fraction of sp³-hybridized carbons (Fsp3) is 0.318. The van der Waals surface area contributed by atoms with Crippen LogP contribution in [0.3, 0.4) is 0 Å². The molecule has 0 unspecified atom stereocenters. The molecule has 0 N–H and O–H groups in total. The molecule has 0 spiro atoms. The fourth-order valence-electron chi connectivity index (χ4n) is 3.56. The van der Waals surface area contributed by atoms with Gasteiger partial charge in [0.05, 0.1) is 23.1 Å². The molecule has 1 aliphatic rings. The second-order valence-electron chi connectivity index (χ2n) is 7.38. The smallest absolute Gasteiger partial charge is 0.341 e. The first kappa shape index (κ1) is 21.4. The van der Waals surface area contributed by atoms with Crippen molar-refractivity contribution in [3.63, 3.8) is 0 Å². The summed E-state index contributed by atoms with van der Waals surface area (Å²) < 4.78 is 38.7. The Morgan fingerprint density at radius 2 is 1.90 bits per heavy atom. The summed E-state index contributed by atoms with van der Waals surface area (Å²) in [5, 5.41) is 8.98. The molecule has 3 rings (SSSR count). The zero-order chi connectivity index (χ0) is 21.9. The Kier molecular flexibility index (Phi) is 6.11. The van der Waals surface area contributed by atoms with E-state index < -0.39 is 17.7 Å². The molecule has 0 aliphatic carbocycles. The first-order valence-corrected chi connectivity index (χ1v) is 9.35. The Morgan fingerprint density at radius 1 is 1.20 bits per heavy atom. The predicted molar refractivity (Wildman–Crippen MR) is 103 cm³/mol. The van der Waals surface area contributed by atoms with Crippen molar-refractivity contribution in [2.24, 2.45) is 5.92 Å². The lowest BCUT2D eigenvalue weighted by Gasteiger charge is -2.22. The number of carbonyl (C=O) groups excluding carboxylic acids is 2. The maximum absolute atomic E-state index is 12.9. The van der Waals surface area contributed by atoms with Crippen LogP contribution in [0.4, 0.5) is 13.2 Å². The van der Waals surface area contributed by atoms with Gasteiger partial charge in [-0.15, -0.1) is 0 Å². The van der Waals surface area contributed by atoms with Gasteiger partial charge in [-0.1, -0.05) is 24.3 Å². The second kappa shape index (κ2) is 8.57. The fourth-order valence-corrected chi connectivity index (χ4v) is 3.56. The number of halogens is 3. The van der Waals surface area contributed by atoms with E-state index in [0.29, 0.717) is 17.7 Å². The van der Waals surface area contributed by atoms with Gasteiger partial charge in [-0.2, -0.15) is 18.4 Å². The third kappa shape index (κ3) is 4.98. The van der Waals surface area contributed by atoms with E-state index in [9.17, 15) is 22.8 Å². The summed E-state index contributed by atoms with van der Waals surface area (Å²) in [7, 11) is 1.63. The average molecular weight is 415 g/mol. The van der Waals surface area contributed by atoms with Crippen LogP contribution < -0.4 is 0 Å². The van der Waals surface area contributed by atoms with Gasteiger partial charge in [0, 0.05) is 33.1 Å². The third-order valence-electron chi connectivity index (χ3n) is 5.04. The van der Waals surface area contributed by atoms with Gasteiger partial charge in [-0.3, -0.25) is 9.59 Å². The maximum Gasteiger partial charge on any atom is 0.416 e. The zero-order valence-corrected chi connectivity index (χ0v) is 16.3. The summed E-state index contributed by atoms with van der Waals surface area (Å²) >= 11 is 0. The Balaban J connectivity index is 1.63. The van der Waals surface area contributed by atoms with E-state index in [1.54, 1.807) is 25.2 Å². The number of alkyl halides is 3. The van der Waals surface area contributed by atoms with Gasteiger partial charge in [0.2, 0.25) is 11.8 Å². The Hall–Kier alpha value is -3.34. The molecular formula is C22H20F3N3O2. The molecule has 8 heteroatoms. The number of rotatable bonds is 5. The number of hydrogen-bond donors (Lipinski definition) is 0. The molecule has 30 heavy (non-hydrogen) atoms. The highest BCUT2D eigenvalue weighted by atomic mass is 19.4. The third-order valence-corrected chi connectivity index (χ3v) is 5.04. The van der Waals surface area contributed by atoms with Gasteiger partial charge in [-0.05, 0) is 35.4 Å². The van der Waals surface area contributed by atoms with Crippen LogP contribution in [0.2, 0.25) is 0 Å². The lowest BCUT2D eigenvalue weighted by atomic mass is 10.1. The summed E-state index contributed by atoms with van der Waals surface area (Å²) in [6.45, 7) is 0.490. The van der Waals surface area contributed by atoms with Crippen molar-refractivity contribution in [3.05, 3.63) is 70.8 Å². The SMILES string of the molecule is CN(Cc1cccc(C#N)c1)C(=O)[C@@H]1CC(=O)N(Cc2cccc(C(F)(F)F)c2)C1. The van der Waals surface area contributed by atoms with Crippen LogP contribution in [0, 0.1) is 17.2 Å². The number of carbonyl (C=O) groups is 2. The molecule has 1 aliphatic heterocycles.